The average Bonchev–Trinajstić information content (AvgIpc) is 4.47. The summed E-state index contributed by atoms with van der Waals surface area (Å²) in [6.45, 7) is 5.92. The minimum absolute atomic E-state index is 0.699. The van der Waals surface area contributed by atoms with Crippen LogP contribution in [-0.4, -0.2) is 43.1 Å². The van der Waals surface area contributed by atoms with Crippen molar-refractivity contribution in [3.05, 3.63) is 193 Å². The van der Waals surface area contributed by atoms with Crippen molar-refractivity contribution >= 4 is 90.0 Å². The number of nitrogens with one attached hydrogen (secondary N) is 2. The van der Waals surface area contributed by atoms with E-state index in [1.165, 1.54) is 64.2 Å². The lowest BCUT2D eigenvalue weighted by Gasteiger charge is -2.13. The third-order valence-electron chi connectivity index (χ3n) is 16.2. The Labute approximate surface area is 479 Å². The van der Waals surface area contributed by atoms with E-state index in [1.807, 2.05) is 0 Å². The van der Waals surface area contributed by atoms with Crippen molar-refractivity contribution in [2.45, 2.75) is 90.9 Å². The Hall–Kier alpha value is -9.14. The maximum Gasteiger partial charge on any atom is 0.119 e. The molecule has 0 amide bonds. The van der Waals surface area contributed by atoms with Crippen molar-refractivity contribution in [1.29, 1.82) is 0 Å². The molecular formula is C74H68N6O2. The van der Waals surface area contributed by atoms with Gasteiger partial charge in [0.05, 0.1) is 58.1 Å². The first-order chi connectivity index (χ1) is 40.6. The van der Waals surface area contributed by atoms with Gasteiger partial charge in [-0.05, 0) is 121 Å². The quantitative estimate of drug-likeness (QED) is 0.0582. The second-order valence-corrected chi connectivity index (χ2v) is 21.8. The molecule has 0 saturated heterocycles. The number of aromatic amines is 2. The Kier molecular flexibility index (Phi) is 15.2. The van der Waals surface area contributed by atoms with Crippen LogP contribution in [0.1, 0.15) is 114 Å². The fourth-order valence-corrected chi connectivity index (χ4v) is 12.1. The second kappa shape index (κ2) is 23.9. The molecule has 0 fully saturated rings. The maximum absolute atomic E-state index is 6.36. The van der Waals surface area contributed by atoms with Crippen molar-refractivity contribution in [3.63, 3.8) is 0 Å². The lowest BCUT2D eigenvalue weighted by Crippen LogP contribution is -1.97. The van der Waals surface area contributed by atoms with Gasteiger partial charge in [0.15, 0.2) is 0 Å². The van der Waals surface area contributed by atoms with Gasteiger partial charge in [0.2, 0.25) is 0 Å². The van der Waals surface area contributed by atoms with Gasteiger partial charge >= 0.3 is 0 Å². The molecule has 5 aromatic heterocycles. The summed E-state index contributed by atoms with van der Waals surface area (Å²) in [4.78, 5) is 29.9. The summed E-state index contributed by atoms with van der Waals surface area (Å²) < 4.78 is 12.7. The molecule has 82 heavy (non-hydrogen) atoms. The molecule has 2 N–H and O–H groups in total. The Morgan fingerprint density at radius 3 is 0.951 bits per heavy atom. The molecule has 0 spiro atoms. The summed E-state index contributed by atoms with van der Waals surface area (Å²) in [6, 6.07) is 59.8. The van der Waals surface area contributed by atoms with Crippen LogP contribution in [0.25, 0.3) is 134 Å². The number of benzene rings is 6. The predicted molar refractivity (Wildman–Crippen MR) is 344 cm³/mol. The number of aromatic nitrogens is 6. The van der Waals surface area contributed by atoms with Gasteiger partial charge in [-0.2, -0.15) is 0 Å². The van der Waals surface area contributed by atoms with E-state index in [-0.39, 0.29) is 0 Å². The lowest BCUT2D eigenvalue weighted by atomic mass is 9.94. The van der Waals surface area contributed by atoms with Crippen LogP contribution in [0, 0.1) is 0 Å². The molecule has 8 heteroatoms. The molecule has 2 aliphatic rings. The van der Waals surface area contributed by atoms with Gasteiger partial charge in [-0.15, -0.1) is 0 Å². The van der Waals surface area contributed by atoms with Gasteiger partial charge in [-0.25, -0.2) is 19.9 Å². The highest BCUT2D eigenvalue weighted by atomic mass is 16.5. The highest BCUT2D eigenvalue weighted by Gasteiger charge is 2.23. The zero-order valence-corrected chi connectivity index (χ0v) is 47.0. The fraction of sp³-hybridized carbons (Fsp3) is 0.216. The molecule has 11 aromatic rings. The molecule has 13 rings (SSSR count). The Morgan fingerprint density at radius 1 is 0.293 bits per heavy atom. The van der Waals surface area contributed by atoms with Crippen molar-refractivity contribution in [3.8, 4) is 56.0 Å². The molecule has 8 nitrogen and oxygen atoms in total. The van der Waals surface area contributed by atoms with Crippen LogP contribution in [0.3, 0.4) is 0 Å². The van der Waals surface area contributed by atoms with Crippen LogP contribution < -0.4 is 9.47 Å². The van der Waals surface area contributed by atoms with E-state index < -0.39 is 0 Å². The molecule has 7 heterocycles. The van der Waals surface area contributed by atoms with Crippen molar-refractivity contribution in [1.82, 2.24) is 29.9 Å². The summed E-state index contributed by atoms with van der Waals surface area (Å²) in [6.07, 6.45) is 23.3. The molecule has 0 aliphatic carbocycles. The first-order valence-electron chi connectivity index (χ1n) is 29.8. The van der Waals surface area contributed by atoms with Gasteiger partial charge < -0.3 is 19.4 Å². The Morgan fingerprint density at radius 2 is 0.598 bits per heavy atom. The number of hydrogen-bond donors (Lipinski definition) is 2. The van der Waals surface area contributed by atoms with E-state index in [2.05, 4.69) is 218 Å². The van der Waals surface area contributed by atoms with Crippen LogP contribution in [-0.2, 0) is 0 Å². The monoisotopic (exact) mass is 1070 g/mol. The number of para-hydroxylation sites is 4. The summed E-state index contributed by atoms with van der Waals surface area (Å²) in [7, 11) is 0. The van der Waals surface area contributed by atoms with Gasteiger partial charge in [0, 0.05) is 77.0 Å². The molecule has 8 bridgehead atoms. The largest absolute Gasteiger partial charge is 0.494 e. The van der Waals surface area contributed by atoms with Crippen LogP contribution >= 0.6 is 0 Å². The molecule has 6 aromatic carbocycles. The number of fused-ring (bicyclic) bond motifs is 12. The van der Waals surface area contributed by atoms with E-state index >= 15 is 0 Å². The van der Waals surface area contributed by atoms with E-state index in [0.717, 1.165) is 157 Å². The first kappa shape index (κ1) is 52.2. The number of nitrogens with zero attached hydrogens (tertiary/aromatic N) is 4. The van der Waals surface area contributed by atoms with Crippen molar-refractivity contribution in [2.24, 2.45) is 0 Å². The zero-order chi connectivity index (χ0) is 55.2. The summed E-state index contributed by atoms with van der Waals surface area (Å²) >= 11 is 0. The predicted octanol–water partition coefficient (Wildman–Crippen LogP) is 20.2. The van der Waals surface area contributed by atoms with Crippen LogP contribution in [0.2, 0.25) is 0 Å². The van der Waals surface area contributed by atoms with E-state index in [4.69, 9.17) is 29.4 Å². The maximum atomic E-state index is 6.36. The lowest BCUT2D eigenvalue weighted by molar-refractivity contribution is 0.304. The SMILES string of the molecule is CCCCCCCCOc1ccc(-c2c3nc(c(-c4ccc(OCCCCCCCC)cc4)c4ccc([nH]4)c(-c4c5ccccc5nc5ccccc45)c4nc(c(-c5c6ccccc6nc6ccccc56)c5ccc2[nH]5)C=C4)C=C3)cc1. The van der Waals surface area contributed by atoms with Gasteiger partial charge in [0.25, 0.3) is 0 Å². The van der Waals surface area contributed by atoms with Gasteiger partial charge in [0.1, 0.15) is 11.5 Å². The van der Waals surface area contributed by atoms with Crippen LogP contribution in [0.15, 0.2) is 170 Å². The molecule has 406 valence electrons. The molecule has 0 saturated carbocycles. The van der Waals surface area contributed by atoms with Gasteiger partial charge in [-0.3, -0.25) is 0 Å². The number of hydrogen-bond acceptors (Lipinski definition) is 6. The third kappa shape index (κ3) is 10.6. The fourth-order valence-electron chi connectivity index (χ4n) is 12.1. The van der Waals surface area contributed by atoms with E-state index in [0.29, 0.717) is 13.2 Å². The van der Waals surface area contributed by atoms with Crippen LogP contribution in [0.4, 0.5) is 0 Å². The summed E-state index contributed by atoms with van der Waals surface area (Å²) in [5, 5.41) is 4.16. The van der Waals surface area contributed by atoms with E-state index in [1.54, 1.807) is 0 Å². The summed E-state index contributed by atoms with van der Waals surface area (Å²) in [5.74, 6) is 1.72. The third-order valence-corrected chi connectivity index (χ3v) is 16.2. The standard InChI is InChI=1S/C74H68N6O2/c1-3-5-7-9-11-21-47-81-51-35-31-49(32-36-51)69-61-39-40-62(77-61)70(50-33-37-52(38-34-50)82-48-22-12-10-8-6-4-2)64-42-44-66(79-64)74(72-55-25-15-19-29-59(55)76-60-30-20-16-26-56(60)72)68-46-45-67(80-68)73(65-43-41-63(69)78-65)71-53-23-13-17-27-57(53)75-58-28-18-14-24-54(58)71/h13-20,23-46,78-79H,3-12,21-22,47-48H2,1-2H3. The number of ether oxygens (including phenoxy) is 2. The van der Waals surface area contributed by atoms with E-state index in [9.17, 15) is 0 Å². The number of pyridine rings is 2. The number of rotatable bonds is 20. The Balaban J connectivity index is 1.08. The molecule has 0 atom stereocenters. The topological polar surface area (TPSA) is 102 Å². The number of unbranched alkanes of at least 4 members (excludes halogenated alkanes) is 10. The highest BCUT2D eigenvalue weighted by Crippen LogP contribution is 2.44. The highest BCUT2D eigenvalue weighted by molar-refractivity contribution is 6.16. The summed E-state index contributed by atoms with van der Waals surface area (Å²) in [5.41, 5.74) is 18.8. The molecule has 0 unspecified atom stereocenters. The average molecular weight is 1070 g/mol. The minimum atomic E-state index is 0.699. The van der Waals surface area contributed by atoms with Crippen LogP contribution in [0.5, 0.6) is 11.5 Å². The smallest absolute Gasteiger partial charge is 0.119 e. The first-order valence-corrected chi connectivity index (χ1v) is 29.8. The Bertz CT molecular complexity index is 3990. The molecular weight excluding hydrogens is 1000 g/mol. The second-order valence-electron chi connectivity index (χ2n) is 21.8. The van der Waals surface area contributed by atoms with Gasteiger partial charge in [-0.1, -0.05) is 175 Å². The molecule has 0 radical (unpaired) electrons. The molecule has 2 aliphatic heterocycles. The van der Waals surface area contributed by atoms with Crippen molar-refractivity contribution < 1.29 is 9.47 Å². The minimum Gasteiger partial charge on any atom is -0.494 e. The van der Waals surface area contributed by atoms with Crippen molar-refractivity contribution in [2.75, 3.05) is 13.2 Å². The zero-order valence-electron chi connectivity index (χ0n) is 47.0. The number of H-pyrrole nitrogens is 2. The normalized spacial score (nSPS) is 12.1.